The quantitative estimate of drug-likeness (QED) is 0.300. The number of benzene rings is 2. The molecule has 160 valence electrons. The van der Waals surface area contributed by atoms with Gasteiger partial charge in [0.1, 0.15) is 0 Å². The predicted octanol–water partition coefficient (Wildman–Crippen LogP) is 4.72. The Bertz CT molecular complexity index is 866. The van der Waals surface area contributed by atoms with Gasteiger partial charge < -0.3 is 27.2 Å². The summed E-state index contributed by atoms with van der Waals surface area (Å²) in [6.45, 7) is 8.42. The lowest BCUT2D eigenvalue weighted by atomic mass is 9.97. The number of rotatable bonds is 6. The van der Waals surface area contributed by atoms with E-state index in [4.69, 9.17) is 16.6 Å². The van der Waals surface area contributed by atoms with Gasteiger partial charge in [0, 0.05) is 59.0 Å². The smallest absolute Gasteiger partial charge is 0.0429 e. The van der Waals surface area contributed by atoms with Gasteiger partial charge in [0.25, 0.3) is 0 Å². The first kappa shape index (κ1) is 23.7. The van der Waals surface area contributed by atoms with Crippen molar-refractivity contribution in [1.29, 1.82) is 10.8 Å². The Hall–Kier alpha value is -2.57. The fourth-order valence-electron chi connectivity index (χ4n) is 3.48. The topological polar surface area (TPSA) is 97.8 Å². The number of anilines is 1. The van der Waals surface area contributed by atoms with Crippen LogP contribution in [0.1, 0.15) is 37.0 Å². The molecular formula is C24H33N5S. The molecule has 1 saturated heterocycles. The third-order valence-electron chi connectivity index (χ3n) is 5.16. The van der Waals surface area contributed by atoms with Crippen molar-refractivity contribution < 1.29 is 0 Å². The lowest BCUT2D eigenvalue weighted by molar-refractivity contribution is 0.445. The van der Waals surface area contributed by atoms with E-state index in [0.717, 1.165) is 41.2 Å². The molecule has 0 radical (unpaired) electrons. The molecule has 5 nitrogen and oxygen atoms in total. The van der Waals surface area contributed by atoms with Crippen molar-refractivity contribution in [3.63, 3.8) is 0 Å². The first-order chi connectivity index (χ1) is 14.3. The summed E-state index contributed by atoms with van der Waals surface area (Å²) in [4.78, 5) is 1.02. The second-order valence-electron chi connectivity index (χ2n) is 8.26. The van der Waals surface area contributed by atoms with E-state index < -0.39 is 0 Å². The van der Waals surface area contributed by atoms with Gasteiger partial charge in [-0.2, -0.15) is 0 Å². The van der Waals surface area contributed by atoms with Gasteiger partial charge in [0.05, 0.1) is 0 Å². The van der Waals surface area contributed by atoms with Crippen LogP contribution in [-0.2, 0) is 0 Å². The summed E-state index contributed by atoms with van der Waals surface area (Å²) in [6, 6.07) is 13.8. The molecule has 0 bridgehead atoms. The molecule has 0 amide bonds. The molecule has 3 rings (SSSR count). The zero-order valence-electron chi connectivity index (χ0n) is 18.0. The molecule has 0 spiro atoms. The average Bonchev–Trinajstić information content (AvgIpc) is 3.09. The van der Waals surface area contributed by atoms with E-state index in [1.54, 1.807) is 0 Å². The SMILES string of the molecule is CC1(C)CC(CNc2ccc(/C(C=N)=C/N)cc2C=N)CN1.Cc1ccc(S)cc1. The minimum atomic E-state index is 0.214. The fraction of sp³-hybridized carbons (Fsp3) is 0.333. The van der Waals surface area contributed by atoms with Crippen LogP contribution in [0.2, 0.25) is 0 Å². The lowest BCUT2D eigenvalue weighted by Crippen LogP contribution is -2.31. The molecule has 1 atom stereocenters. The number of nitrogens with one attached hydrogen (secondary N) is 4. The molecule has 2 aromatic carbocycles. The van der Waals surface area contributed by atoms with Gasteiger partial charge in [0.2, 0.25) is 0 Å². The number of aryl methyl sites for hydroxylation is 1. The third-order valence-corrected chi connectivity index (χ3v) is 5.46. The maximum absolute atomic E-state index is 7.60. The summed E-state index contributed by atoms with van der Waals surface area (Å²) < 4.78 is 0. The molecular weight excluding hydrogens is 390 g/mol. The summed E-state index contributed by atoms with van der Waals surface area (Å²) >= 11 is 4.13. The monoisotopic (exact) mass is 423 g/mol. The first-order valence-corrected chi connectivity index (χ1v) is 10.5. The van der Waals surface area contributed by atoms with Crippen LogP contribution in [0.5, 0.6) is 0 Å². The van der Waals surface area contributed by atoms with E-state index in [-0.39, 0.29) is 5.54 Å². The Morgan fingerprint density at radius 2 is 1.93 bits per heavy atom. The van der Waals surface area contributed by atoms with Crippen LogP contribution in [0.3, 0.4) is 0 Å². The summed E-state index contributed by atoms with van der Waals surface area (Å²) in [5.74, 6) is 0.592. The van der Waals surface area contributed by atoms with Gasteiger partial charge in [-0.15, -0.1) is 12.6 Å². The molecule has 6 heteroatoms. The van der Waals surface area contributed by atoms with Gasteiger partial charge in [-0.1, -0.05) is 23.8 Å². The number of nitrogens with two attached hydrogens (primary N) is 1. The largest absolute Gasteiger partial charge is 0.404 e. The number of thiol groups is 1. The van der Waals surface area contributed by atoms with Crippen LogP contribution in [0.4, 0.5) is 5.69 Å². The van der Waals surface area contributed by atoms with Crippen LogP contribution in [-0.4, -0.2) is 31.1 Å². The molecule has 1 unspecified atom stereocenters. The Morgan fingerprint density at radius 3 is 2.43 bits per heavy atom. The highest BCUT2D eigenvalue weighted by molar-refractivity contribution is 7.80. The predicted molar refractivity (Wildman–Crippen MR) is 132 cm³/mol. The van der Waals surface area contributed by atoms with Crippen LogP contribution >= 0.6 is 12.6 Å². The number of allylic oxidation sites excluding steroid dienone is 1. The Labute approximate surface area is 185 Å². The van der Waals surface area contributed by atoms with Gasteiger partial charge in [-0.05, 0) is 62.9 Å². The zero-order valence-corrected chi connectivity index (χ0v) is 18.9. The minimum Gasteiger partial charge on any atom is -0.404 e. The van der Waals surface area contributed by atoms with Gasteiger partial charge >= 0.3 is 0 Å². The Balaban J connectivity index is 0.000000335. The van der Waals surface area contributed by atoms with Crippen molar-refractivity contribution in [2.24, 2.45) is 11.7 Å². The summed E-state index contributed by atoms with van der Waals surface area (Å²) in [5.41, 5.74) is 10.3. The molecule has 30 heavy (non-hydrogen) atoms. The van der Waals surface area contributed by atoms with E-state index in [1.807, 2.05) is 42.5 Å². The van der Waals surface area contributed by atoms with Crippen molar-refractivity contribution in [1.82, 2.24) is 5.32 Å². The molecule has 1 aliphatic heterocycles. The lowest BCUT2D eigenvalue weighted by Gasteiger charge is -2.18. The fourth-order valence-corrected chi connectivity index (χ4v) is 3.63. The molecule has 0 saturated carbocycles. The molecule has 1 heterocycles. The van der Waals surface area contributed by atoms with Crippen LogP contribution in [0, 0.1) is 23.7 Å². The number of hydrogen-bond donors (Lipinski definition) is 6. The maximum atomic E-state index is 7.60. The third kappa shape index (κ3) is 7.04. The second kappa shape index (κ2) is 11.0. The summed E-state index contributed by atoms with van der Waals surface area (Å²) in [7, 11) is 0. The van der Waals surface area contributed by atoms with E-state index in [2.05, 4.69) is 44.0 Å². The van der Waals surface area contributed by atoms with Crippen molar-refractivity contribution in [3.05, 3.63) is 65.4 Å². The average molecular weight is 424 g/mol. The van der Waals surface area contributed by atoms with Crippen molar-refractivity contribution in [2.45, 2.75) is 37.6 Å². The molecule has 1 aliphatic rings. The van der Waals surface area contributed by atoms with Crippen molar-refractivity contribution in [2.75, 3.05) is 18.4 Å². The van der Waals surface area contributed by atoms with Gasteiger partial charge in [0.15, 0.2) is 0 Å². The van der Waals surface area contributed by atoms with Crippen LogP contribution in [0.15, 0.2) is 53.6 Å². The number of hydrogen-bond acceptors (Lipinski definition) is 6. The highest BCUT2D eigenvalue weighted by Crippen LogP contribution is 2.25. The van der Waals surface area contributed by atoms with E-state index in [1.165, 1.54) is 24.2 Å². The van der Waals surface area contributed by atoms with Crippen molar-refractivity contribution in [3.8, 4) is 0 Å². The van der Waals surface area contributed by atoms with E-state index in [0.29, 0.717) is 11.5 Å². The Kier molecular flexibility index (Phi) is 8.69. The highest BCUT2D eigenvalue weighted by Gasteiger charge is 2.29. The van der Waals surface area contributed by atoms with E-state index in [9.17, 15) is 0 Å². The normalized spacial score (nSPS) is 17.6. The summed E-state index contributed by atoms with van der Waals surface area (Å²) in [6.07, 6.45) is 5.12. The molecule has 1 fully saturated rings. The Morgan fingerprint density at radius 1 is 1.23 bits per heavy atom. The van der Waals surface area contributed by atoms with Crippen LogP contribution < -0.4 is 16.4 Å². The standard InChI is InChI=1S/C17H25N5.C7H8S/c1-17(2)6-12(11-22-17)10-21-16-4-3-13(5-14(16)7-18)15(8-19)9-20;1-6-2-4-7(8)5-3-6/h3-5,7-9,12,18-19,21-22H,6,10-11,20H2,1-2H3;2-5,8H,1H3/b15-9+,18-7?,19-8?;. The van der Waals surface area contributed by atoms with Crippen LogP contribution in [0.25, 0.3) is 5.57 Å². The zero-order chi connectivity index (χ0) is 22.1. The maximum Gasteiger partial charge on any atom is 0.0429 e. The second-order valence-corrected chi connectivity index (χ2v) is 8.78. The van der Waals surface area contributed by atoms with Gasteiger partial charge in [-0.3, -0.25) is 0 Å². The molecule has 2 aromatic rings. The molecule has 6 N–H and O–H groups in total. The molecule has 0 aromatic heterocycles. The highest BCUT2D eigenvalue weighted by atomic mass is 32.1. The van der Waals surface area contributed by atoms with Gasteiger partial charge in [-0.25, -0.2) is 0 Å². The minimum absolute atomic E-state index is 0.214. The van der Waals surface area contributed by atoms with E-state index >= 15 is 0 Å². The van der Waals surface area contributed by atoms with Crippen molar-refractivity contribution >= 4 is 36.3 Å². The first-order valence-electron chi connectivity index (χ1n) is 10.1. The summed E-state index contributed by atoms with van der Waals surface area (Å²) in [5, 5.41) is 21.9. The molecule has 0 aliphatic carbocycles.